The van der Waals surface area contributed by atoms with E-state index in [1.807, 2.05) is 6.07 Å². The number of aromatic nitrogens is 7. The lowest BCUT2D eigenvalue weighted by molar-refractivity contribution is 0.181. The molecule has 1 saturated heterocycles. The highest BCUT2D eigenvalue weighted by atomic mass is 16.5. The third kappa shape index (κ3) is 3.43. The predicted molar refractivity (Wildman–Crippen MR) is 91.0 cm³/mol. The summed E-state index contributed by atoms with van der Waals surface area (Å²) in [4.78, 5) is 19.8. The SMILES string of the molecule is COCc1cc(Nc2nc(N3CCCC3)nc(-n3ccnc3)n2)n[nH]1. The van der Waals surface area contributed by atoms with Crippen LogP contribution < -0.4 is 10.2 Å². The Balaban J connectivity index is 1.65. The fourth-order valence-corrected chi connectivity index (χ4v) is 2.73. The van der Waals surface area contributed by atoms with E-state index < -0.39 is 0 Å². The van der Waals surface area contributed by atoms with Crippen LogP contribution in [0.1, 0.15) is 18.5 Å². The van der Waals surface area contributed by atoms with Crippen LogP contribution in [0, 0.1) is 0 Å². The van der Waals surface area contributed by atoms with Crippen LogP contribution >= 0.6 is 0 Å². The van der Waals surface area contributed by atoms with Gasteiger partial charge in [-0.15, -0.1) is 0 Å². The van der Waals surface area contributed by atoms with Gasteiger partial charge in [-0.25, -0.2) is 4.98 Å². The van der Waals surface area contributed by atoms with Gasteiger partial charge in [0.1, 0.15) is 6.33 Å². The lowest BCUT2D eigenvalue weighted by atomic mass is 10.4. The molecule has 25 heavy (non-hydrogen) atoms. The number of anilines is 3. The maximum Gasteiger partial charge on any atom is 0.241 e. The van der Waals surface area contributed by atoms with Crippen molar-refractivity contribution in [3.63, 3.8) is 0 Å². The first-order chi connectivity index (χ1) is 12.3. The fraction of sp³-hybridized carbons (Fsp3) is 0.400. The van der Waals surface area contributed by atoms with Crippen LogP contribution in [-0.4, -0.2) is 54.9 Å². The molecular weight excluding hydrogens is 322 g/mol. The summed E-state index contributed by atoms with van der Waals surface area (Å²) in [5, 5.41) is 10.2. The Morgan fingerprint density at radius 1 is 1.20 bits per heavy atom. The first-order valence-electron chi connectivity index (χ1n) is 8.11. The third-order valence-electron chi connectivity index (χ3n) is 3.91. The van der Waals surface area contributed by atoms with Gasteiger partial charge in [-0.1, -0.05) is 0 Å². The van der Waals surface area contributed by atoms with Gasteiger partial charge < -0.3 is 15.0 Å². The summed E-state index contributed by atoms with van der Waals surface area (Å²) in [6, 6.07) is 1.86. The first-order valence-corrected chi connectivity index (χ1v) is 8.11. The molecule has 0 amide bonds. The molecule has 1 fully saturated rings. The summed E-state index contributed by atoms with van der Waals surface area (Å²) >= 11 is 0. The highest BCUT2D eigenvalue weighted by Crippen LogP contribution is 2.20. The van der Waals surface area contributed by atoms with Gasteiger partial charge in [-0.3, -0.25) is 9.67 Å². The molecule has 2 N–H and O–H groups in total. The number of ether oxygens (including phenoxy) is 1. The van der Waals surface area contributed by atoms with Crippen molar-refractivity contribution in [1.29, 1.82) is 0 Å². The number of methoxy groups -OCH3 is 1. The maximum absolute atomic E-state index is 5.09. The topological polar surface area (TPSA) is 110 Å². The highest BCUT2D eigenvalue weighted by molar-refractivity contribution is 5.51. The Bertz CT molecular complexity index is 823. The average Bonchev–Trinajstić information content (AvgIpc) is 3.38. The van der Waals surface area contributed by atoms with Gasteiger partial charge in [-0.05, 0) is 12.8 Å². The van der Waals surface area contributed by atoms with E-state index in [-0.39, 0.29) is 0 Å². The monoisotopic (exact) mass is 341 g/mol. The van der Waals surface area contributed by atoms with Crippen molar-refractivity contribution in [2.24, 2.45) is 0 Å². The van der Waals surface area contributed by atoms with Crippen molar-refractivity contribution >= 4 is 17.7 Å². The second-order valence-electron chi connectivity index (χ2n) is 5.76. The lowest BCUT2D eigenvalue weighted by Gasteiger charge is -2.16. The minimum Gasteiger partial charge on any atom is -0.378 e. The molecule has 0 atom stereocenters. The summed E-state index contributed by atoms with van der Waals surface area (Å²) in [6.07, 6.45) is 7.45. The van der Waals surface area contributed by atoms with E-state index in [0.29, 0.717) is 30.3 Å². The summed E-state index contributed by atoms with van der Waals surface area (Å²) in [7, 11) is 1.64. The highest BCUT2D eigenvalue weighted by Gasteiger charge is 2.18. The largest absolute Gasteiger partial charge is 0.378 e. The van der Waals surface area contributed by atoms with Crippen molar-refractivity contribution in [3.8, 4) is 5.95 Å². The van der Waals surface area contributed by atoms with Crippen LogP contribution in [0.3, 0.4) is 0 Å². The van der Waals surface area contributed by atoms with E-state index in [0.717, 1.165) is 31.6 Å². The van der Waals surface area contributed by atoms with Gasteiger partial charge in [0.25, 0.3) is 0 Å². The summed E-state index contributed by atoms with van der Waals surface area (Å²) < 4.78 is 6.85. The second kappa shape index (κ2) is 6.85. The zero-order valence-electron chi connectivity index (χ0n) is 13.9. The molecule has 1 aliphatic rings. The van der Waals surface area contributed by atoms with Gasteiger partial charge in [0.05, 0.1) is 12.3 Å². The predicted octanol–water partition coefficient (Wildman–Crippen LogP) is 1.27. The van der Waals surface area contributed by atoms with Crippen molar-refractivity contribution in [2.45, 2.75) is 19.4 Å². The van der Waals surface area contributed by atoms with Crippen LogP contribution in [0.25, 0.3) is 5.95 Å². The number of nitrogens with one attached hydrogen (secondary N) is 2. The molecule has 0 aromatic carbocycles. The summed E-state index contributed by atoms with van der Waals surface area (Å²) in [6.45, 7) is 2.37. The quantitative estimate of drug-likeness (QED) is 0.690. The van der Waals surface area contributed by atoms with Crippen LogP contribution in [-0.2, 0) is 11.3 Å². The molecule has 0 saturated carbocycles. The zero-order chi connectivity index (χ0) is 17.1. The van der Waals surface area contributed by atoms with E-state index in [1.165, 1.54) is 0 Å². The van der Waals surface area contributed by atoms with Gasteiger partial charge in [0.2, 0.25) is 17.8 Å². The van der Waals surface area contributed by atoms with Crippen LogP contribution in [0.2, 0.25) is 0 Å². The van der Waals surface area contributed by atoms with E-state index in [9.17, 15) is 0 Å². The molecule has 0 aliphatic carbocycles. The Hall–Kier alpha value is -3.01. The zero-order valence-corrected chi connectivity index (χ0v) is 13.9. The number of aromatic amines is 1. The summed E-state index contributed by atoms with van der Waals surface area (Å²) in [5.41, 5.74) is 0.869. The van der Waals surface area contributed by atoms with Gasteiger partial charge in [0, 0.05) is 38.7 Å². The molecule has 1 aliphatic heterocycles. The Labute approximate surface area is 144 Å². The van der Waals surface area contributed by atoms with E-state index in [4.69, 9.17) is 4.74 Å². The van der Waals surface area contributed by atoms with Gasteiger partial charge in [0.15, 0.2) is 5.82 Å². The molecule has 0 radical (unpaired) electrons. The number of hydrogen-bond donors (Lipinski definition) is 2. The Kier molecular flexibility index (Phi) is 4.25. The first kappa shape index (κ1) is 15.5. The van der Waals surface area contributed by atoms with Crippen LogP contribution in [0.15, 0.2) is 24.8 Å². The minimum atomic E-state index is 0.441. The van der Waals surface area contributed by atoms with Crippen molar-refractivity contribution in [2.75, 3.05) is 30.4 Å². The molecule has 10 heteroatoms. The minimum absolute atomic E-state index is 0.441. The van der Waals surface area contributed by atoms with Crippen LogP contribution in [0.5, 0.6) is 0 Å². The smallest absolute Gasteiger partial charge is 0.241 e. The van der Waals surface area contributed by atoms with E-state index >= 15 is 0 Å². The third-order valence-corrected chi connectivity index (χ3v) is 3.91. The number of rotatable bonds is 6. The number of hydrogen-bond acceptors (Lipinski definition) is 8. The number of imidazole rings is 1. The number of H-pyrrole nitrogens is 1. The second-order valence-corrected chi connectivity index (χ2v) is 5.76. The van der Waals surface area contributed by atoms with Crippen molar-refractivity contribution < 1.29 is 4.74 Å². The fourth-order valence-electron chi connectivity index (χ4n) is 2.73. The Morgan fingerprint density at radius 2 is 2.04 bits per heavy atom. The molecule has 3 aromatic rings. The molecule has 0 bridgehead atoms. The maximum atomic E-state index is 5.09. The molecule has 10 nitrogen and oxygen atoms in total. The van der Waals surface area contributed by atoms with Gasteiger partial charge >= 0.3 is 0 Å². The van der Waals surface area contributed by atoms with E-state index in [1.54, 1.807) is 30.4 Å². The Morgan fingerprint density at radius 3 is 2.80 bits per heavy atom. The standard InChI is InChI=1S/C15H19N9O/c1-25-9-11-8-12(22-21-11)17-13-18-14(23-5-2-3-6-23)20-15(19-13)24-7-4-16-10-24/h4,7-8,10H,2-3,5-6,9H2,1H3,(H2,17,18,19,20,21,22). The molecule has 0 spiro atoms. The van der Waals surface area contributed by atoms with E-state index in [2.05, 4.69) is 40.3 Å². The summed E-state index contributed by atoms with van der Waals surface area (Å²) in [5.74, 6) is 2.24. The van der Waals surface area contributed by atoms with Gasteiger partial charge in [-0.2, -0.15) is 20.1 Å². The molecular formula is C15H19N9O. The molecule has 0 unspecified atom stereocenters. The van der Waals surface area contributed by atoms with Crippen molar-refractivity contribution in [1.82, 2.24) is 34.7 Å². The molecule has 4 rings (SSSR count). The van der Waals surface area contributed by atoms with Crippen molar-refractivity contribution in [3.05, 3.63) is 30.5 Å². The molecule has 4 heterocycles. The lowest BCUT2D eigenvalue weighted by Crippen LogP contribution is -2.22. The normalized spacial score (nSPS) is 14.2. The number of nitrogens with zero attached hydrogens (tertiary/aromatic N) is 7. The van der Waals surface area contributed by atoms with Crippen LogP contribution in [0.4, 0.5) is 17.7 Å². The average molecular weight is 341 g/mol. The molecule has 3 aromatic heterocycles. The molecule has 130 valence electrons.